The summed E-state index contributed by atoms with van der Waals surface area (Å²) in [7, 11) is 0. The number of carbonyl (C=O) groups is 1. The lowest BCUT2D eigenvalue weighted by molar-refractivity contribution is -0.119. The van der Waals surface area contributed by atoms with Gasteiger partial charge in [-0.1, -0.05) is 60.2 Å². The van der Waals surface area contributed by atoms with Crippen LogP contribution >= 0.6 is 0 Å². The highest BCUT2D eigenvalue weighted by atomic mass is 16.5. The summed E-state index contributed by atoms with van der Waals surface area (Å²) in [6.07, 6.45) is 2.18. The zero-order valence-corrected chi connectivity index (χ0v) is 18.2. The highest BCUT2D eigenvalue weighted by molar-refractivity contribution is 6.07. The first-order valence-corrected chi connectivity index (χ1v) is 11.0. The molecule has 32 heavy (non-hydrogen) atoms. The van der Waals surface area contributed by atoms with Crippen LogP contribution in [0.4, 0.5) is 17.3 Å². The third-order valence-corrected chi connectivity index (χ3v) is 6.00. The number of benzene rings is 2. The third kappa shape index (κ3) is 4.16. The molecule has 1 amide bonds. The Morgan fingerprint density at radius 3 is 2.50 bits per heavy atom. The van der Waals surface area contributed by atoms with Gasteiger partial charge in [-0.2, -0.15) is 0 Å². The number of anilines is 3. The van der Waals surface area contributed by atoms with Gasteiger partial charge in [0.05, 0.1) is 19.8 Å². The van der Waals surface area contributed by atoms with E-state index in [0.29, 0.717) is 32.0 Å². The van der Waals surface area contributed by atoms with Crippen LogP contribution in [-0.2, 0) is 22.5 Å². The predicted molar refractivity (Wildman–Crippen MR) is 125 cm³/mol. The number of morpholine rings is 1. The lowest BCUT2D eigenvalue weighted by Crippen LogP contribution is -2.49. The van der Waals surface area contributed by atoms with Crippen molar-refractivity contribution in [3.05, 3.63) is 77.6 Å². The molecule has 0 bridgehead atoms. The number of hydrogen-bond donors (Lipinski definition) is 1. The molecule has 7 nitrogen and oxygen atoms in total. The second-order valence-corrected chi connectivity index (χ2v) is 8.29. The fourth-order valence-electron chi connectivity index (χ4n) is 4.28. The fraction of sp³-hybridized carbons (Fsp3) is 0.320. The Hall–Kier alpha value is -3.45. The summed E-state index contributed by atoms with van der Waals surface area (Å²) >= 11 is 0. The molecule has 1 unspecified atom stereocenters. The summed E-state index contributed by atoms with van der Waals surface area (Å²) in [5, 5.41) is 3.40. The van der Waals surface area contributed by atoms with Crippen molar-refractivity contribution >= 4 is 23.2 Å². The van der Waals surface area contributed by atoms with Crippen molar-refractivity contribution in [3.63, 3.8) is 0 Å². The number of nitrogens with zero attached hydrogens (tertiary/aromatic N) is 4. The van der Waals surface area contributed by atoms with Crippen LogP contribution in [-0.4, -0.2) is 48.2 Å². The lowest BCUT2D eigenvalue weighted by Gasteiger charge is -2.38. The van der Waals surface area contributed by atoms with Crippen LogP contribution in [0.1, 0.15) is 16.7 Å². The standard InChI is InChI=1S/C25H27N5O2/c1-18-7-9-20(10-8-18)16-30-22-23(26-17-27-24(22)29-11-13-32-14-12-29)28-21(25(30)31)15-19-5-3-2-4-6-19/h2-10,17,21H,11-16H2,1H3,(H,26,27,28). The molecule has 0 radical (unpaired) electrons. The summed E-state index contributed by atoms with van der Waals surface area (Å²) in [6, 6.07) is 18.0. The molecule has 1 aromatic heterocycles. The number of carbonyl (C=O) groups excluding carboxylic acids is 1. The van der Waals surface area contributed by atoms with E-state index in [1.165, 1.54) is 5.56 Å². The van der Waals surface area contributed by atoms with E-state index in [1.807, 2.05) is 35.2 Å². The van der Waals surface area contributed by atoms with Crippen molar-refractivity contribution in [2.45, 2.75) is 25.9 Å². The molecule has 0 saturated carbocycles. The normalized spacial score (nSPS) is 18.3. The Bertz CT molecular complexity index is 1080. The Morgan fingerprint density at radius 1 is 1.00 bits per heavy atom. The van der Waals surface area contributed by atoms with Crippen LogP contribution in [0.5, 0.6) is 0 Å². The minimum Gasteiger partial charge on any atom is -0.378 e. The first kappa shape index (κ1) is 20.5. The van der Waals surface area contributed by atoms with E-state index in [-0.39, 0.29) is 11.9 Å². The van der Waals surface area contributed by atoms with E-state index in [2.05, 4.69) is 51.4 Å². The second-order valence-electron chi connectivity index (χ2n) is 8.29. The predicted octanol–water partition coefficient (Wildman–Crippen LogP) is 3.19. The van der Waals surface area contributed by atoms with Gasteiger partial charge in [0.1, 0.15) is 18.1 Å². The van der Waals surface area contributed by atoms with E-state index < -0.39 is 0 Å². The Morgan fingerprint density at radius 2 is 1.75 bits per heavy atom. The number of rotatable bonds is 5. The van der Waals surface area contributed by atoms with Gasteiger partial charge in [0.25, 0.3) is 0 Å². The maximum absolute atomic E-state index is 13.8. The van der Waals surface area contributed by atoms with E-state index in [9.17, 15) is 4.79 Å². The van der Waals surface area contributed by atoms with Gasteiger partial charge in [-0.25, -0.2) is 9.97 Å². The maximum Gasteiger partial charge on any atom is 0.250 e. The Balaban J connectivity index is 1.53. The molecule has 3 aromatic rings. The molecule has 2 aliphatic rings. The largest absolute Gasteiger partial charge is 0.378 e. The zero-order valence-electron chi connectivity index (χ0n) is 18.2. The van der Waals surface area contributed by atoms with Crippen molar-refractivity contribution in [2.75, 3.05) is 41.4 Å². The van der Waals surface area contributed by atoms with Crippen LogP contribution in [0.25, 0.3) is 0 Å². The Labute approximate surface area is 188 Å². The number of fused-ring (bicyclic) bond motifs is 1. The summed E-state index contributed by atoms with van der Waals surface area (Å²) < 4.78 is 5.52. The van der Waals surface area contributed by atoms with Gasteiger partial charge < -0.3 is 15.0 Å². The number of aryl methyl sites for hydroxylation is 1. The molecule has 0 aliphatic carbocycles. The lowest BCUT2D eigenvalue weighted by atomic mass is 10.0. The van der Waals surface area contributed by atoms with Gasteiger partial charge in [0, 0.05) is 19.5 Å². The van der Waals surface area contributed by atoms with E-state index in [4.69, 9.17) is 4.74 Å². The molecule has 2 aromatic carbocycles. The monoisotopic (exact) mass is 429 g/mol. The average Bonchev–Trinajstić information content (AvgIpc) is 2.84. The van der Waals surface area contributed by atoms with Gasteiger partial charge in [-0.15, -0.1) is 0 Å². The van der Waals surface area contributed by atoms with Crippen molar-refractivity contribution in [1.29, 1.82) is 0 Å². The summed E-state index contributed by atoms with van der Waals surface area (Å²) in [4.78, 5) is 26.9. The van der Waals surface area contributed by atoms with Crippen LogP contribution < -0.4 is 15.1 Å². The van der Waals surface area contributed by atoms with Crippen LogP contribution in [0, 0.1) is 6.92 Å². The SMILES string of the molecule is Cc1ccc(CN2C(=O)C(Cc3ccccc3)Nc3ncnc(N4CCOCC4)c32)cc1. The maximum atomic E-state index is 13.8. The molecule has 7 heteroatoms. The Kier molecular flexibility index (Phi) is 5.73. The molecule has 1 atom stereocenters. The van der Waals surface area contributed by atoms with Gasteiger partial charge in [-0.05, 0) is 18.1 Å². The van der Waals surface area contributed by atoms with Crippen molar-refractivity contribution in [3.8, 4) is 0 Å². The van der Waals surface area contributed by atoms with Gasteiger partial charge in [0.15, 0.2) is 11.6 Å². The molecule has 5 rings (SSSR count). The summed E-state index contributed by atoms with van der Waals surface area (Å²) in [6.45, 7) is 5.31. The molecule has 1 N–H and O–H groups in total. The van der Waals surface area contributed by atoms with E-state index >= 15 is 0 Å². The van der Waals surface area contributed by atoms with Crippen molar-refractivity contribution < 1.29 is 9.53 Å². The first-order chi connectivity index (χ1) is 15.7. The number of nitrogens with one attached hydrogen (secondary N) is 1. The quantitative estimate of drug-likeness (QED) is 0.672. The van der Waals surface area contributed by atoms with Gasteiger partial charge in [0.2, 0.25) is 5.91 Å². The molecule has 3 heterocycles. The highest BCUT2D eigenvalue weighted by Crippen LogP contribution is 2.39. The molecular weight excluding hydrogens is 402 g/mol. The van der Waals surface area contributed by atoms with Crippen LogP contribution in [0.15, 0.2) is 60.9 Å². The van der Waals surface area contributed by atoms with Crippen molar-refractivity contribution in [1.82, 2.24) is 9.97 Å². The number of ether oxygens (including phenoxy) is 1. The molecule has 1 saturated heterocycles. The average molecular weight is 430 g/mol. The molecule has 0 spiro atoms. The van der Waals surface area contributed by atoms with Crippen molar-refractivity contribution in [2.24, 2.45) is 0 Å². The zero-order chi connectivity index (χ0) is 21.9. The molecular formula is C25H27N5O2. The highest BCUT2D eigenvalue weighted by Gasteiger charge is 2.37. The van der Waals surface area contributed by atoms with E-state index in [0.717, 1.165) is 35.7 Å². The van der Waals surface area contributed by atoms with Crippen LogP contribution in [0.2, 0.25) is 0 Å². The van der Waals surface area contributed by atoms with Crippen LogP contribution in [0.3, 0.4) is 0 Å². The fourth-order valence-corrected chi connectivity index (χ4v) is 4.28. The van der Waals surface area contributed by atoms with Gasteiger partial charge in [-0.3, -0.25) is 9.69 Å². The van der Waals surface area contributed by atoms with E-state index in [1.54, 1.807) is 6.33 Å². The number of aromatic nitrogens is 2. The second kappa shape index (κ2) is 8.96. The third-order valence-electron chi connectivity index (χ3n) is 6.00. The molecule has 2 aliphatic heterocycles. The topological polar surface area (TPSA) is 70.6 Å². The molecule has 1 fully saturated rings. The molecule has 164 valence electrons. The minimum atomic E-state index is -0.386. The first-order valence-electron chi connectivity index (χ1n) is 11.0. The summed E-state index contributed by atoms with van der Waals surface area (Å²) in [5.41, 5.74) is 4.14. The number of amides is 1. The van der Waals surface area contributed by atoms with Gasteiger partial charge >= 0.3 is 0 Å². The minimum absolute atomic E-state index is 0.0336. The summed E-state index contributed by atoms with van der Waals surface area (Å²) in [5.74, 6) is 1.52. The smallest absolute Gasteiger partial charge is 0.250 e. The number of hydrogen-bond acceptors (Lipinski definition) is 6.